The summed E-state index contributed by atoms with van der Waals surface area (Å²) in [6, 6.07) is -0.0485. The molecule has 3 unspecified atom stereocenters. The van der Waals surface area contributed by atoms with Crippen molar-refractivity contribution in [3.05, 3.63) is 11.7 Å². The van der Waals surface area contributed by atoms with Crippen LogP contribution in [0.5, 0.6) is 0 Å². The molecule has 1 aromatic rings. The molecule has 2 heterocycles. The first-order chi connectivity index (χ1) is 8.79. The van der Waals surface area contributed by atoms with Gasteiger partial charge in [-0.1, -0.05) is 12.1 Å². The average molecular weight is 285 g/mol. The Morgan fingerprint density at radius 1 is 1.39 bits per heavy atom. The van der Waals surface area contributed by atoms with Crippen molar-refractivity contribution in [1.29, 1.82) is 0 Å². The Kier molecular flexibility index (Phi) is 3.86. The van der Waals surface area contributed by atoms with Gasteiger partial charge in [0.1, 0.15) is 0 Å². The standard InChI is InChI=1S/C12H19N3OS2/c1-2-8-10(18-6-5-17-8)11-14-12(16-15-11)9(13)7-3-4-7/h7-10H,2-6,13H2,1H3. The van der Waals surface area contributed by atoms with E-state index in [-0.39, 0.29) is 6.04 Å². The third-order valence-electron chi connectivity index (χ3n) is 3.58. The van der Waals surface area contributed by atoms with Gasteiger partial charge >= 0.3 is 0 Å². The molecule has 6 heteroatoms. The Balaban J connectivity index is 1.74. The van der Waals surface area contributed by atoms with Crippen LogP contribution >= 0.6 is 23.5 Å². The molecule has 4 nitrogen and oxygen atoms in total. The molecule has 18 heavy (non-hydrogen) atoms. The Hall–Kier alpha value is -0.200. The lowest BCUT2D eigenvalue weighted by atomic mass is 10.2. The van der Waals surface area contributed by atoms with E-state index in [2.05, 4.69) is 17.1 Å². The fourth-order valence-electron chi connectivity index (χ4n) is 2.30. The highest BCUT2D eigenvalue weighted by Crippen LogP contribution is 2.44. The van der Waals surface area contributed by atoms with Crippen LogP contribution in [-0.2, 0) is 0 Å². The molecule has 0 radical (unpaired) electrons. The lowest BCUT2D eigenvalue weighted by Crippen LogP contribution is -2.19. The van der Waals surface area contributed by atoms with Crippen LogP contribution in [0.1, 0.15) is 49.2 Å². The van der Waals surface area contributed by atoms with E-state index in [9.17, 15) is 0 Å². The molecule has 1 aliphatic carbocycles. The van der Waals surface area contributed by atoms with Crippen molar-refractivity contribution in [2.75, 3.05) is 11.5 Å². The van der Waals surface area contributed by atoms with E-state index in [1.807, 2.05) is 23.5 Å². The largest absolute Gasteiger partial charge is 0.338 e. The second-order valence-corrected chi connectivity index (χ2v) is 7.56. The Bertz CT molecular complexity index is 408. The molecule has 0 amide bonds. The van der Waals surface area contributed by atoms with Gasteiger partial charge in [-0.25, -0.2) is 0 Å². The summed E-state index contributed by atoms with van der Waals surface area (Å²) in [5, 5.41) is 5.14. The SMILES string of the molecule is CCC1SCCSC1c1noc(C(N)C2CC2)n1. The van der Waals surface area contributed by atoms with Crippen LogP contribution in [0.25, 0.3) is 0 Å². The van der Waals surface area contributed by atoms with Crippen LogP contribution in [0, 0.1) is 5.92 Å². The molecule has 2 N–H and O–H groups in total. The van der Waals surface area contributed by atoms with Gasteiger partial charge in [0.05, 0.1) is 11.3 Å². The topological polar surface area (TPSA) is 64.9 Å². The molecule has 3 rings (SSSR count). The lowest BCUT2D eigenvalue weighted by molar-refractivity contribution is 0.339. The lowest BCUT2D eigenvalue weighted by Gasteiger charge is -2.27. The molecule has 100 valence electrons. The summed E-state index contributed by atoms with van der Waals surface area (Å²) in [7, 11) is 0. The second-order valence-electron chi connectivity index (χ2n) is 4.96. The minimum atomic E-state index is -0.0485. The van der Waals surface area contributed by atoms with Crippen LogP contribution in [0.4, 0.5) is 0 Å². The van der Waals surface area contributed by atoms with Crippen molar-refractivity contribution in [3.63, 3.8) is 0 Å². The molecule has 1 aromatic heterocycles. The van der Waals surface area contributed by atoms with Gasteiger partial charge in [-0.3, -0.25) is 0 Å². The van der Waals surface area contributed by atoms with Gasteiger partial charge in [-0.2, -0.15) is 16.7 Å². The van der Waals surface area contributed by atoms with Gasteiger partial charge in [-0.15, -0.1) is 11.8 Å². The molecular formula is C12H19N3OS2. The third kappa shape index (κ3) is 2.56. The second kappa shape index (κ2) is 5.43. The fourth-order valence-corrected chi connectivity index (χ4v) is 5.28. The van der Waals surface area contributed by atoms with Gasteiger partial charge in [-0.05, 0) is 25.2 Å². The minimum Gasteiger partial charge on any atom is -0.338 e. The smallest absolute Gasteiger partial charge is 0.243 e. The van der Waals surface area contributed by atoms with E-state index in [0.29, 0.717) is 22.3 Å². The van der Waals surface area contributed by atoms with E-state index < -0.39 is 0 Å². The van der Waals surface area contributed by atoms with Crippen molar-refractivity contribution in [2.45, 2.75) is 42.7 Å². The predicted octanol–water partition coefficient (Wildman–Crippen LogP) is 2.78. The average Bonchev–Trinajstić information content (AvgIpc) is 3.15. The zero-order valence-electron chi connectivity index (χ0n) is 10.5. The number of hydrogen-bond donors (Lipinski definition) is 1. The van der Waals surface area contributed by atoms with Gasteiger partial charge in [0.15, 0.2) is 5.82 Å². The number of rotatable bonds is 4. The minimum absolute atomic E-state index is 0.0485. The predicted molar refractivity (Wildman–Crippen MR) is 75.7 cm³/mol. The maximum absolute atomic E-state index is 6.10. The molecule has 0 aromatic carbocycles. The highest BCUT2D eigenvalue weighted by Gasteiger charge is 2.35. The zero-order valence-corrected chi connectivity index (χ0v) is 12.2. The summed E-state index contributed by atoms with van der Waals surface area (Å²) in [4.78, 5) is 4.56. The number of thioether (sulfide) groups is 2. The summed E-state index contributed by atoms with van der Waals surface area (Å²) in [6.07, 6.45) is 3.55. The number of nitrogens with two attached hydrogens (primary N) is 1. The highest BCUT2D eigenvalue weighted by atomic mass is 32.2. The Morgan fingerprint density at radius 3 is 2.89 bits per heavy atom. The van der Waals surface area contributed by atoms with Gasteiger partial charge in [0.2, 0.25) is 5.89 Å². The first-order valence-corrected chi connectivity index (χ1v) is 8.71. The summed E-state index contributed by atoms with van der Waals surface area (Å²) in [6.45, 7) is 2.23. The van der Waals surface area contributed by atoms with Crippen molar-refractivity contribution in [1.82, 2.24) is 10.1 Å². The maximum Gasteiger partial charge on any atom is 0.243 e. The number of aromatic nitrogens is 2. The molecule has 0 bridgehead atoms. The van der Waals surface area contributed by atoms with Crippen LogP contribution in [-0.4, -0.2) is 26.9 Å². The molecule has 2 fully saturated rings. The van der Waals surface area contributed by atoms with Crippen LogP contribution in [0.2, 0.25) is 0 Å². The normalized spacial score (nSPS) is 30.3. The van der Waals surface area contributed by atoms with Crippen molar-refractivity contribution >= 4 is 23.5 Å². The zero-order chi connectivity index (χ0) is 12.5. The number of nitrogens with zero attached hydrogens (tertiary/aromatic N) is 2. The molecule has 0 spiro atoms. The summed E-state index contributed by atoms with van der Waals surface area (Å²) < 4.78 is 5.37. The molecular weight excluding hydrogens is 266 g/mol. The molecule has 1 saturated carbocycles. The van der Waals surface area contributed by atoms with Crippen LogP contribution in [0.3, 0.4) is 0 Å². The highest BCUT2D eigenvalue weighted by molar-refractivity contribution is 8.06. The Labute approximate surface area is 116 Å². The van der Waals surface area contributed by atoms with E-state index in [1.54, 1.807) is 0 Å². The maximum atomic E-state index is 6.10. The summed E-state index contributed by atoms with van der Waals surface area (Å²) in [5.41, 5.74) is 6.10. The third-order valence-corrected chi connectivity index (χ3v) is 6.82. The van der Waals surface area contributed by atoms with Crippen molar-refractivity contribution in [2.24, 2.45) is 11.7 Å². The van der Waals surface area contributed by atoms with Crippen LogP contribution < -0.4 is 5.73 Å². The van der Waals surface area contributed by atoms with Gasteiger partial charge < -0.3 is 10.3 Å². The summed E-state index contributed by atoms with van der Waals surface area (Å²) >= 11 is 3.98. The monoisotopic (exact) mass is 285 g/mol. The first-order valence-electron chi connectivity index (χ1n) is 6.62. The van der Waals surface area contributed by atoms with E-state index in [1.165, 1.54) is 24.3 Å². The van der Waals surface area contributed by atoms with Crippen molar-refractivity contribution in [3.8, 4) is 0 Å². The van der Waals surface area contributed by atoms with Crippen LogP contribution in [0.15, 0.2) is 4.52 Å². The fraction of sp³-hybridized carbons (Fsp3) is 0.833. The molecule has 1 aliphatic heterocycles. The molecule has 1 saturated heterocycles. The van der Waals surface area contributed by atoms with E-state index >= 15 is 0 Å². The molecule has 3 atom stereocenters. The van der Waals surface area contributed by atoms with Gasteiger partial charge in [0, 0.05) is 16.8 Å². The Morgan fingerprint density at radius 2 is 2.17 bits per heavy atom. The quantitative estimate of drug-likeness (QED) is 0.917. The van der Waals surface area contributed by atoms with E-state index in [0.717, 1.165) is 12.2 Å². The van der Waals surface area contributed by atoms with Gasteiger partial charge in [0.25, 0.3) is 0 Å². The molecule has 2 aliphatic rings. The van der Waals surface area contributed by atoms with Crippen molar-refractivity contribution < 1.29 is 4.52 Å². The van der Waals surface area contributed by atoms with E-state index in [4.69, 9.17) is 10.3 Å². The summed E-state index contributed by atoms with van der Waals surface area (Å²) in [5.74, 6) is 4.45. The number of hydrogen-bond acceptors (Lipinski definition) is 6. The first kappa shape index (κ1) is 12.8.